The fraction of sp³-hybridized carbons (Fsp3) is 0.450. The van der Waals surface area contributed by atoms with Crippen LogP contribution in [0.1, 0.15) is 40.9 Å². The lowest BCUT2D eigenvalue weighted by molar-refractivity contribution is 0.0686. The SMILES string of the molecule is Cc1cc(C(=O)N(C)C2CC3CCC(C2)N3)sc1-c1ccc(F)cc1.Cl. The Labute approximate surface area is 164 Å². The number of nitrogens with zero attached hydrogens (tertiary/aromatic N) is 1. The summed E-state index contributed by atoms with van der Waals surface area (Å²) < 4.78 is 13.2. The van der Waals surface area contributed by atoms with Gasteiger partial charge < -0.3 is 10.2 Å². The van der Waals surface area contributed by atoms with E-state index in [1.807, 2.05) is 24.9 Å². The smallest absolute Gasteiger partial charge is 0.263 e. The highest BCUT2D eigenvalue weighted by atomic mass is 35.5. The van der Waals surface area contributed by atoms with Crippen molar-refractivity contribution in [2.45, 2.75) is 50.7 Å². The van der Waals surface area contributed by atoms with Gasteiger partial charge in [-0.3, -0.25) is 4.79 Å². The first-order chi connectivity index (χ1) is 12.0. The minimum atomic E-state index is -0.241. The Morgan fingerprint density at radius 3 is 2.42 bits per heavy atom. The maximum absolute atomic E-state index is 13.2. The minimum Gasteiger partial charge on any atom is -0.338 e. The topological polar surface area (TPSA) is 32.3 Å². The maximum atomic E-state index is 13.2. The second-order valence-corrected chi connectivity index (χ2v) is 8.36. The van der Waals surface area contributed by atoms with Gasteiger partial charge in [0.15, 0.2) is 0 Å². The standard InChI is InChI=1S/C20H23FN2OS.ClH/c1-12-9-18(25-19(12)13-3-5-14(21)6-4-13)20(24)23(2)17-10-15-7-8-16(11-17)22-15;/h3-6,9,15-17,22H,7-8,10-11H2,1-2H3;1H. The number of nitrogens with one attached hydrogen (secondary N) is 1. The second-order valence-electron chi connectivity index (χ2n) is 7.31. The van der Waals surface area contributed by atoms with E-state index in [-0.39, 0.29) is 24.1 Å². The zero-order valence-electron chi connectivity index (χ0n) is 15.0. The molecule has 2 bridgehead atoms. The van der Waals surface area contributed by atoms with Gasteiger partial charge in [0.05, 0.1) is 4.88 Å². The van der Waals surface area contributed by atoms with Crippen LogP contribution in [0.4, 0.5) is 4.39 Å². The van der Waals surface area contributed by atoms with Crippen molar-refractivity contribution >= 4 is 29.7 Å². The highest BCUT2D eigenvalue weighted by Gasteiger charge is 2.36. The summed E-state index contributed by atoms with van der Waals surface area (Å²) in [5, 5.41) is 3.63. The van der Waals surface area contributed by atoms with Crippen molar-refractivity contribution in [2.24, 2.45) is 0 Å². The fourth-order valence-corrected chi connectivity index (χ4v) is 5.32. The molecule has 140 valence electrons. The molecule has 2 aliphatic rings. The molecule has 1 aromatic carbocycles. The number of fused-ring (bicyclic) bond motifs is 2. The summed E-state index contributed by atoms with van der Waals surface area (Å²) in [5.41, 5.74) is 2.03. The number of aryl methyl sites for hydroxylation is 1. The normalized spacial score (nSPS) is 24.2. The first-order valence-electron chi connectivity index (χ1n) is 8.91. The molecule has 2 aliphatic heterocycles. The Kier molecular flexibility index (Phi) is 5.70. The van der Waals surface area contributed by atoms with Crippen LogP contribution in [0.15, 0.2) is 30.3 Å². The number of hydrogen-bond acceptors (Lipinski definition) is 3. The zero-order chi connectivity index (χ0) is 17.6. The van der Waals surface area contributed by atoms with E-state index >= 15 is 0 Å². The number of piperidine rings is 1. The van der Waals surface area contributed by atoms with Gasteiger partial charge >= 0.3 is 0 Å². The molecule has 2 fully saturated rings. The largest absolute Gasteiger partial charge is 0.338 e. The predicted octanol–water partition coefficient (Wildman–Crippen LogP) is 4.64. The van der Waals surface area contributed by atoms with Crippen LogP contribution in [0.25, 0.3) is 10.4 Å². The number of carbonyl (C=O) groups excluding carboxylic acids is 1. The summed E-state index contributed by atoms with van der Waals surface area (Å²) in [6.45, 7) is 2.01. The number of amides is 1. The summed E-state index contributed by atoms with van der Waals surface area (Å²) in [4.78, 5) is 16.7. The Morgan fingerprint density at radius 1 is 1.19 bits per heavy atom. The molecule has 0 saturated carbocycles. The monoisotopic (exact) mass is 394 g/mol. The molecule has 3 heterocycles. The van der Waals surface area contributed by atoms with Gasteiger partial charge in [0.1, 0.15) is 5.82 Å². The van der Waals surface area contributed by atoms with E-state index in [4.69, 9.17) is 0 Å². The van der Waals surface area contributed by atoms with E-state index < -0.39 is 0 Å². The quantitative estimate of drug-likeness (QED) is 0.822. The van der Waals surface area contributed by atoms with E-state index in [2.05, 4.69) is 5.32 Å². The summed E-state index contributed by atoms with van der Waals surface area (Å²) >= 11 is 1.51. The van der Waals surface area contributed by atoms with Crippen molar-refractivity contribution in [3.63, 3.8) is 0 Å². The molecular formula is C20H24ClFN2OS. The number of rotatable bonds is 3. The van der Waals surface area contributed by atoms with Gasteiger partial charge in [0.25, 0.3) is 5.91 Å². The third-order valence-electron chi connectivity index (χ3n) is 5.55. The van der Waals surface area contributed by atoms with E-state index in [0.29, 0.717) is 18.1 Å². The number of thiophene rings is 1. The summed E-state index contributed by atoms with van der Waals surface area (Å²) in [6, 6.07) is 9.91. The lowest BCUT2D eigenvalue weighted by Crippen LogP contribution is -2.48. The highest BCUT2D eigenvalue weighted by Crippen LogP contribution is 2.35. The maximum Gasteiger partial charge on any atom is 0.263 e. The molecule has 4 rings (SSSR count). The molecule has 6 heteroatoms. The van der Waals surface area contributed by atoms with E-state index in [1.165, 1.54) is 36.3 Å². The average molecular weight is 395 g/mol. The van der Waals surface area contributed by atoms with Crippen molar-refractivity contribution in [3.8, 4) is 10.4 Å². The van der Waals surface area contributed by atoms with E-state index in [9.17, 15) is 9.18 Å². The van der Waals surface area contributed by atoms with Crippen LogP contribution in [0.3, 0.4) is 0 Å². The van der Waals surface area contributed by atoms with Crippen LogP contribution in [0.2, 0.25) is 0 Å². The predicted molar refractivity (Wildman–Crippen MR) is 107 cm³/mol. The molecule has 3 nitrogen and oxygen atoms in total. The van der Waals surface area contributed by atoms with Crippen LogP contribution in [0, 0.1) is 12.7 Å². The number of halogens is 2. The van der Waals surface area contributed by atoms with Crippen LogP contribution in [0.5, 0.6) is 0 Å². The Balaban J connectivity index is 0.00000196. The number of carbonyl (C=O) groups is 1. The van der Waals surface area contributed by atoms with E-state index in [1.54, 1.807) is 12.1 Å². The van der Waals surface area contributed by atoms with Gasteiger partial charge in [-0.2, -0.15) is 0 Å². The molecule has 0 radical (unpaired) electrons. The van der Waals surface area contributed by atoms with Gasteiger partial charge in [-0.25, -0.2) is 4.39 Å². The van der Waals surface area contributed by atoms with Crippen LogP contribution < -0.4 is 5.32 Å². The lowest BCUT2D eigenvalue weighted by atomic mass is 9.98. The summed E-state index contributed by atoms with van der Waals surface area (Å²) in [5.74, 6) is -0.137. The molecule has 2 aromatic rings. The van der Waals surface area contributed by atoms with Crippen LogP contribution in [-0.2, 0) is 0 Å². The molecule has 2 saturated heterocycles. The van der Waals surface area contributed by atoms with Crippen molar-refractivity contribution < 1.29 is 9.18 Å². The van der Waals surface area contributed by atoms with Gasteiger partial charge in [-0.1, -0.05) is 12.1 Å². The van der Waals surface area contributed by atoms with Crippen molar-refractivity contribution in [1.29, 1.82) is 0 Å². The van der Waals surface area contributed by atoms with Crippen molar-refractivity contribution in [3.05, 3.63) is 46.6 Å². The summed E-state index contributed by atoms with van der Waals surface area (Å²) in [6.07, 6.45) is 4.56. The summed E-state index contributed by atoms with van der Waals surface area (Å²) in [7, 11) is 1.93. The molecule has 2 unspecified atom stereocenters. The fourth-order valence-electron chi connectivity index (χ4n) is 4.16. The highest BCUT2D eigenvalue weighted by molar-refractivity contribution is 7.17. The molecule has 1 N–H and O–H groups in total. The first kappa shape index (κ1) is 19.3. The lowest BCUT2D eigenvalue weighted by Gasteiger charge is -2.35. The molecule has 0 aliphatic carbocycles. The third-order valence-corrected chi connectivity index (χ3v) is 6.83. The Hall–Kier alpha value is -1.43. The van der Waals surface area contributed by atoms with Crippen LogP contribution >= 0.6 is 23.7 Å². The Morgan fingerprint density at radius 2 is 1.81 bits per heavy atom. The Bertz CT molecular complexity index is 780. The van der Waals surface area contributed by atoms with Crippen molar-refractivity contribution in [2.75, 3.05) is 7.05 Å². The molecule has 2 atom stereocenters. The second kappa shape index (κ2) is 7.67. The van der Waals surface area contributed by atoms with Gasteiger partial charge in [0, 0.05) is 30.1 Å². The number of benzene rings is 1. The van der Waals surface area contributed by atoms with Gasteiger partial charge in [-0.15, -0.1) is 23.7 Å². The molecular weight excluding hydrogens is 371 g/mol. The van der Waals surface area contributed by atoms with Gasteiger partial charge in [-0.05, 0) is 61.9 Å². The van der Waals surface area contributed by atoms with Gasteiger partial charge in [0.2, 0.25) is 0 Å². The first-order valence-corrected chi connectivity index (χ1v) is 9.72. The zero-order valence-corrected chi connectivity index (χ0v) is 16.6. The average Bonchev–Trinajstić information content (AvgIpc) is 3.16. The third kappa shape index (κ3) is 3.66. The van der Waals surface area contributed by atoms with Crippen LogP contribution in [-0.4, -0.2) is 36.0 Å². The molecule has 26 heavy (non-hydrogen) atoms. The molecule has 0 spiro atoms. The van der Waals surface area contributed by atoms with E-state index in [0.717, 1.165) is 33.7 Å². The number of hydrogen-bond donors (Lipinski definition) is 1. The molecule has 1 amide bonds. The van der Waals surface area contributed by atoms with Crippen molar-refractivity contribution in [1.82, 2.24) is 10.2 Å². The molecule has 1 aromatic heterocycles. The minimum absolute atomic E-state index is 0.